The van der Waals surface area contributed by atoms with Crippen LogP contribution in [-0.2, 0) is 26.5 Å². The number of benzene rings is 5. The van der Waals surface area contributed by atoms with Crippen LogP contribution in [-0.4, -0.2) is 9.55 Å². The Morgan fingerprint density at radius 3 is 2.24 bits per heavy atom. The van der Waals surface area contributed by atoms with Gasteiger partial charge in [-0.05, 0) is 70.3 Å². The summed E-state index contributed by atoms with van der Waals surface area (Å²) in [6.07, 6.45) is 1.90. The van der Waals surface area contributed by atoms with Gasteiger partial charge in [-0.3, -0.25) is 0 Å². The van der Waals surface area contributed by atoms with Gasteiger partial charge in [-0.2, -0.15) is 12.1 Å². The summed E-state index contributed by atoms with van der Waals surface area (Å²) in [5.41, 5.74) is 8.76. The van der Waals surface area contributed by atoms with E-state index in [1.807, 2.05) is 24.4 Å². The molecule has 5 aromatic carbocycles. The Hall–Kier alpha value is -4.86. The normalized spacial score (nSPS) is 12.9. The Balaban J connectivity index is 0.00000378. The maximum absolute atomic E-state index is 6.49. The van der Waals surface area contributed by atoms with Crippen molar-refractivity contribution in [3.8, 4) is 17.3 Å². The summed E-state index contributed by atoms with van der Waals surface area (Å²) in [5.74, 6) is 2.54. The van der Waals surface area contributed by atoms with Gasteiger partial charge in [0.1, 0.15) is 5.82 Å². The predicted octanol–water partition coefficient (Wildman–Crippen LogP) is 11.4. The molecule has 0 amide bonds. The van der Waals surface area contributed by atoms with Crippen LogP contribution in [0.15, 0.2) is 121 Å². The topological polar surface area (TPSA) is 33.5 Å². The second kappa shape index (κ2) is 12.9. The Bertz CT molecular complexity index is 2300. The Labute approximate surface area is 303 Å². The van der Waals surface area contributed by atoms with E-state index in [1.165, 1.54) is 11.1 Å². The Kier molecular flexibility index (Phi) is 8.58. The van der Waals surface area contributed by atoms with Gasteiger partial charge < -0.3 is 19.1 Å². The first-order valence-electron chi connectivity index (χ1n) is 16.5. The maximum Gasteiger partial charge on any atom is 0.135 e. The molecule has 0 spiro atoms. The molecule has 1 aliphatic rings. The van der Waals surface area contributed by atoms with Crippen LogP contribution in [0.1, 0.15) is 51.7 Å². The van der Waals surface area contributed by atoms with Crippen molar-refractivity contribution < 1.29 is 25.8 Å². The monoisotopic (exact) mass is 820 g/mol. The van der Waals surface area contributed by atoms with Crippen molar-refractivity contribution in [2.75, 3.05) is 9.80 Å². The van der Waals surface area contributed by atoms with Crippen LogP contribution in [0.4, 0.5) is 22.7 Å². The molecule has 8 rings (SSSR count). The second-order valence-electron chi connectivity index (χ2n) is 13.7. The molecular weight excluding hydrogens is 784 g/mol. The number of rotatable bonds is 6. The van der Waals surface area contributed by atoms with E-state index in [0.29, 0.717) is 17.4 Å². The molecule has 0 saturated carbocycles. The van der Waals surface area contributed by atoms with Gasteiger partial charge in [0.2, 0.25) is 0 Å². The SMILES string of the molecule is CC(C)c1cccc(N2[CH-]N(c3[c-]c(Oc4[c-]c5c(cc4)c4ccccc4n5-c4cc(C(C)(C)C)ccn4)ccc3)c3ccccc32)c1.[Pt]. The molecule has 1 aliphatic heterocycles. The fourth-order valence-electron chi connectivity index (χ4n) is 6.48. The molecule has 0 saturated heterocycles. The number of anilines is 4. The Morgan fingerprint density at radius 2 is 1.45 bits per heavy atom. The predicted molar refractivity (Wildman–Crippen MR) is 197 cm³/mol. The molecule has 248 valence electrons. The smallest absolute Gasteiger partial charge is 0.135 e. The molecule has 0 atom stereocenters. The summed E-state index contributed by atoms with van der Waals surface area (Å²) in [6.45, 7) is 13.3. The van der Waals surface area contributed by atoms with Gasteiger partial charge in [-0.15, -0.1) is 48.1 Å². The van der Waals surface area contributed by atoms with Crippen molar-refractivity contribution in [3.63, 3.8) is 0 Å². The van der Waals surface area contributed by atoms with Crippen LogP contribution >= 0.6 is 0 Å². The first-order valence-corrected chi connectivity index (χ1v) is 16.5. The maximum atomic E-state index is 6.49. The number of hydrogen-bond donors (Lipinski definition) is 0. The van der Waals surface area contributed by atoms with Crippen molar-refractivity contribution in [2.24, 2.45) is 0 Å². The number of pyridine rings is 1. The molecule has 0 fully saturated rings. The van der Waals surface area contributed by atoms with Crippen LogP contribution in [0.5, 0.6) is 11.5 Å². The van der Waals surface area contributed by atoms with Gasteiger partial charge in [-0.1, -0.05) is 82.6 Å². The number of fused-ring (bicyclic) bond motifs is 4. The summed E-state index contributed by atoms with van der Waals surface area (Å²) in [7, 11) is 0. The molecule has 0 bridgehead atoms. The van der Waals surface area contributed by atoms with Gasteiger partial charge in [0, 0.05) is 61.3 Å². The van der Waals surface area contributed by atoms with E-state index in [4.69, 9.17) is 9.72 Å². The van der Waals surface area contributed by atoms with E-state index in [1.54, 1.807) is 0 Å². The third-order valence-electron chi connectivity index (χ3n) is 9.08. The van der Waals surface area contributed by atoms with Gasteiger partial charge in [0.25, 0.3) is 0 Å². The first-order chi connectivity index (χ1) is 23.2. The van der Waals surface area contributed by atoms with E-state index >= 15 is 0 Å². The van der Waals surface area contributed by atoms with Gasteiger partial charge in [0.15, 0.2) is 0 Å². The van der Waals surface area contributed by atoms with E-state index in [9.17, 15) is 0 Å². The molecule has 0 unspecified atom stereocenters. The summed E-state index contributed by atoms with van der Waals surface area (Å²) >= 11 is 0. The summed E-state index contributed by atoms with van der Waals surface area (Å²) in [4.78, 5) is 9.22. The third-order valence-corrected chi connectivity index (χ3v) is 9.08. The number of aromatic nitrogens is 2. The number of nitrogens with zero attached hydrogens (tertiary/aromatic N) is 4. The van der Waals surface area contributed by atoms with Crippen LogP contribution in [0.3, 0.4) is 0 Å². The van der Waals surface area contributed by atoms with E-state index in [0.717, 1.165) is 50.4 Å². The van der Waals surface area contributed by atoms with Crippen LogP contribution in [0.2, 0.25) is 0 Å². The van der Waals surface area contributed by atoms with Gasteiger partial charge in [0.05, 0.1) is 0 Å². The molecule has 0 radical (unpaired) electrons. The minimum atomic E-state index is -0.00226. The van der Waals surface area contributed by atoms with Crippen molar-refractivity contribution in [3.05, 3.63) is 151 Å². The standard InChI is InChI=1S/C43H37N4O.Pt/c1-29(2)30-12-10-13-32(24-30)45-28-46(40-19-9-8-18-39(40)45)33-14-11-15-34(26-33)48-35-20-21-37-36-16-6-7-17-38(36)47(41(37)27-35)42-25-31(22-23-44-42)43(3,4)5;/h6-25,28-29H,1-5H3;/q-3;. The largest absolute Gasteiger partial charge is 0.509 e. The van der Waals surface area contributed by atoms with Gasteiger partial charge >= 0.3 is 0 Å². The van der Waals surface area contributed by atoms with Gasteiger partial charge in [-0.25, -0.2) is 4.98 Å². The van der Waals surface area contributed by atoms with E-state index in [-0.39, 0.29) is 26.5 Å². The van der Waals surface area contributed by atoms with Crippen LogP contribution in [0.25, 0.3) is 27.6 Å². The molecule has 2 aromatic heterocycles. The number of para-hydroxylation sites is 3. The molecule has 7 aromatic rings. The van der Waals surface area contributed by atoms with Crippen molar-refractivity contribution in [1.82, 2.24) is 9.55 Å². The third kappa shape index (κ3) is 6.02. The number of hydrogen-bond acceptors (Lipinski definition) is 4. The average molecular weight is 821 g/mol. The van der Waals surface area contributed by atoms with E-state index in [2.05, 4.69) is 165 Å². The van der Waals surface area contributed by atoms with Crippen LogP contribution < -0.4 is 14.5 Å². The zero-order chi connectivity index (χ0) is 33.0. The number of ether oxygens (including phenoxy) is 1. The molecule has 3 heterocycles. The molecule has 5 nitrogen and oxygen atoms in total. The minimum absolute atomic E-state index is 0. The zero-order valence-electron chi connectivity index (χ0n) is 28.2. The summed E-state index contributed by atoms with van der Waals surface area (Å²) in [6, 6.07) is 47.1. The van der Waals surface area contributed by atoms with Crippen LogP contribution in [0, 0.1) is 18.8 Å². The fraction of sp³-hybridized carbons (Fsp3) is 0.163. The molecule has 49 heavy (non-hydrogen) atoms. The average Bonchev–Trinajstić information content (AvgIpc) is 3.64. The molecular formula is C43H37N4OPt-3. The quantitative estimate of drug-likeness (QED) is 0.157. The minimum Gasteiger partial charge on any atom is -0.509 e. The molecule has 0 N–H and O–H groups in total. The summed E-state index contributed by atoms with van der Waals surface area (Å²) < 4.78 is 8.68. The Morgan fingerprint density at radius 1 is 0.714 bits per heavy atom. The van der Waals surface area contributed by atoms with Crippen molar-refractivity contribution in [2.45, 2.75) is 46.0 Å². The molecule has 0 aliphatic carbocycles. The first kappa shape index (κ1) is 32.7. The van der Waals surface area contributed by atoms with E-state index < -0.39 is 0 Å². The van der Waals surface area contributed by atoms with Crippen molar-refractivity contribution in [1.29, 1.82) is 0 Å². The second-order valence-corrected chi connectivity index (χ2v) is 13.7. The summed E-state index contributed by atoms with van der Waals surface area (Å²) in [5, 5.41) is 2.25. The fourth-order valence-corrected chi connectivity index (χ4v) is 6.48. The molecule has 6 heteroatoms. The van der Waals surface area contributed by atoms with Crippen molar-refractivity contribution >= 4 is 44.6 Å². The zero-order valence-corrected chi connectivity index (χ0v) is 30.5.